The molecule has 0 spiro atoms. The minimum absolute atomic E-state index is 0.0790. The van der Waals surface area contributed by atoms with Gasteiger partial charge in [-0.2, -0.15) is 0 Å². The van der Waals surface area contributed by atoms with Crippen LogP contribution in [0.4, 0.5) is 0 Å². The first-order chi connectivity index (χ1) is 13.7. The van der Waals surface area contributed by atoms with Crippen molar-refractivity contribution in [2.75, 3.05) is 20.3 Å². The second kappa shape index (κ2) is 8.21. The maximum Gasteiger partial charge on any atom is 0.342 e. The van der Waals surface area contributed by atoms with Crippen LogP contribution in [0, 0.1) is 5.92 Å². The fourth-order valence-corrected chi connectivity index (χ4v) is 4.77. The fourth-order valence-electron chi connectivity index (χ4n) is 4.77. The molecule has 0 unspecified atom stereocenters. The lowest BCUT2D eigenvalue weighted by Crippen LogP contribution is -2.50. The number of ether oxygens (including phenoxy) is 2. The van der Waals surface area contributed by atoms with Crippen LogP contribution in [0.3, 0.4) is 0 Å². The fraction of sp³-hybridized carbons (Fsp3) is 0.478. The molecule has 1 heterocycles. The molecule has 1 saturated heterocycles. The van der Waals surface area contributed by atoms with Crippen molar-refractivity contribution in [3.8, 4) is 5.75 Å². The topological polar surface area (TPSA) is 55.8 Å². The summed E-state index contributed by atoms with van der Waals surface area (Å²) < 4.78 is 10.8. The van der Waals surface area contributed by atoms with E-state index in [0.29, 0.717) is 23.3 Å². The number of nitrogens with zero attached hydrogens (tertiary/aromatic N) is 1. The molecule has 2 atom stereocenters. The molecule has 148 valence electrons. The molecule has 5 heteroatoms. The Kier molecular flexibility index (Phi) is 5.51. The Morgan fingerprint density at radius 1 is 1.04 bits per heavy atom. The SMILES string of the molecule is COc1cc2ccccc2cc1C(=O)OCC(=O)N1CCC[C@H]2CCCC[C@@H]21. The Morgan fingerprint density at radius 2 is 1.75 bits per heavy atom. The summed E-state index contributed by atoms with van der Waals surface area (Å²) in [4.78, 5) is 27.4. The molecule has 5 nitrogen and oxygen atoms in total. The molecule has 1 aliphatic carbocycles. The number of hydrogen-bond acceptors (Lipinski definition) is 4. The zero-order valence-corrected chi connectivity index (χ0v) is 16.4. The number of carbonyl (C=O) groups excluding carboxylic acids is 2. The predicted molar refractivity (Wildman–Crippen MR) is 107 cm³/mol. The molecule has 1 amide bonds. The van der Waals surface area contributed by atoms with Crippen molar-refractivity contribution in [3.05, 3.63) is 42.0 Å². The number of rotatable bonds is 4. The number of methoxy groups -OCH3 is 1. The van der Waals surface area contributed by atoms with Gasteiger partial charge >= 0.3 is 5.97 Å². The first kappa shape index (κ1) is 18.8. The number of benzene rings is 2. The van der Waals surface area contributed by atoms with Crippen molar-refractivity contribution in [2.24, 2.45) is 5.92 Å². The summed E-state index contributed by atoms with van der Waals surface area (Å²) in [5.41, 5.74) is 0.350. The van der Waals surface area contributed by atoms with E-state index in [-0.39, 0.29) is 12.5 Å². The van der Waals surface area contributed by atoms with E-state index in [4.69, 9.17) is 9.47 Å². The molecular weight excluding hydrogens is 354 g/mol. The number of carbonyl (C=O) groups is 2. The number of amides is 1. The third kappa shape index (κ3) is 3.71. The molecule has 2 fully saturated rings. The van der Waals surface area contributed by atoms with Crippen LogP contribution >= 0.6 is 0 Å². The second-order valence-electron chi connectivity index (χ2n) is 7.82. The van der Waals surface area contributed by atoms with E-state index in [1.807, 2.05) is 35.2 Å². The molecule has 0 radical (unpaired) electrons. The molecule has 2 aliphatic rings. The minimum atomic E-state index is -0.520. The normalized spacial score (nSPS) is 21.8. The van der Waals surface area contributed by atoms with E-state index in [1.54, 1.807) is 6.07 Å². The summed E-state index contributed by atoms with van der Waals surface area (Å²) in [7, 11) is 1.53. The van der Waals surface area contributed by atoms with Crippen molar-refractivity contribution in [1.82, 2.24) is 4.90 Å². The van der Waals surface area contributed by atoms with Gasteiger partial charge in [-0.05, 0) is 54.5 Å². The Bertz CT molecular complexity index is 876. The lowest BCUT2D eigenvalue weighted by molar-refractivity contribution is -0.140. The van der Waals surface area contributed by atoms with E-state index in [0.717, 1.165) is 30.2 Å². The Labute approximate surface area is 165 Å². The van der Waals surface area contributed by atoms with Crippen LogP contribution in [-0.4, -0.2) is 43.1 Å². The van der Waals surface area contributed by atoms with E-state index in [9.17, 15) is 9.59 Å². The van der Waals surface area contributed by atoms with Crippen LogP contribution < -0.4 is 4.74 Å². The van der Waals surface area contributed by atoms with Gasteiger partial charge < -0.3 is 14.4 Å². The van der Waals surface area contributed by atoms with E-state index < -0.39 is 5.97 Å². The smallest absolute Gasteiger partial charge is 0.342 e. The second-order valence-corrected chi connectivity index (χ2v) is 7.82. The number of piperidine rings is 1. The van der Waals surface area contributed by atoms with Gasteiger partial charge in [-0.15, -0.1) is 0 Å². The average molecular weight is 381 g/mol. The van der Waals surface area contributed by atoms with Gasteiger partial charge in [0.25, 0.3) is 5.91 Å². The molecular formula is C23H27NO4. The molecule has 0 N–H and O–H groups in total. The van der Waals surface area contributed by atoms with Crippen molar-refractivity contribution in [2.45, 2.75) is 44.6 Å². The summed E-state index contributed by atoms with van der Waals surface area (Å²) in [6.45, 7) is 0.564. The molecule has 2 aromatic rings. The molecule has 0 bridgehead atoms. The van der Waals surface area contributed by atoms with Crippen molar-refractivity contribution >= 4 is 22.6 Å². The Morgan fingerprint density at radius 3 is 2.54 bits per heavy atom. The number of hydrogen-bond donors (Lipinski definition) is 0. The lowest BCUT2D eigenvalue weighted by atomic mass is 9.78. The van der Waals surface area contributed by atoms with Crippen LogP contribution in [0.5, 0.6) is 5.75 Å². The molecule has 28 heavy (non-hydrogen) atoms. The van der Waals surface area contributed by atoms with Crippen LogP contribution in [0.15, 0.2) is 36.4 Å². The van der Waals surface area contributed by atoms with Gasteiger partial charge in [0.1, 0.15) is 11.3 Å². The quantitative estimate of drug-likeness (QED) is 0.746. The monoisotopic (exact) mass is 381 g/mol. The average Bonchev–Trinajstić information content (AvgIpc) is 2.75. The van der Waals surface area contributed by atoms with Crippen LogP contribution in [0.2, 0.25) is 0 Å². The number of likely N-dealkylation sites (tertiary alicyclic amines) is 1. The predicted octanol–water partition coefficient (Wildman–Crippen LogP) is 4.19. The molecule has 2 aromatic carbocycles. The highest BCUT2D eigenvalue weighted by Gasteiger charge is 2.35. The van der Waals surface area contributed by atoms with Gasteiger partial charge in [-0.25, -0.2) is 4.79 Å². The number of fused-ring (bicyclic) bond motifs is 2. The number of esters is 1. The molecule has 1 aliphatic heterocycles. The van der Waals surface area contributed by atoms with Crippen molar-refractivity contribution in [1.29, 1.82) is 0 Å². The van der Waals surface area contributed by atoms with Gasteiger partial charge in [0.2, 0.25) is 0 Å². The van der Waals surface area contributed by atoms with Gasteiger partial charge in [0.15, 0.2) is 6.61 Å². The van der Waals surface area contributed by atoms with E-state index >= 15 is 0 Å². The lowest BCUT2D eigenvalue weighted by Gasteiger charge is -2.44. The summed E-state index contributed by atoms with van der Waals surface area (Å²) >= 11 is 0. The van der Waals surface area contributed by atoms with Gasteiger partial charge in [0.05, 0.1) is 7.11 Å². The zero-order valence-electron chi connectivity index (χ0n) is 16.4. The summed E-state index contributed by atoms with van der Waals surface area (Å²) in [5.74, 6) is 0.474. The van der Waals surface area contributed by atoms with E-state index in [2.05, 4.69) is 0 Å². The Balaban J connectivity index is 1.45. The highest BCUT2D eigenvalue weighted by atomic mass is 16.5. The van der Waals surface area contributed by atoms with E-state index in [1.165, 1.54) is 32.8 Å². The van der Waals surface area contributed by atoms with Crippen LogP contribution in [0.25, 0.3) is 10.8 Å². The van der Waals surface area contributed by atoms with Crippen LogP contribution in [0.1, 0.15) is 48.9 Å². The summed E-state index contributed by atoms with van der Waals surface area (Å²) in [5, 5.41) is 1.92. The summed E-state index contributed by atoms with van der Waals surface area (Å²) in [6, 6.07) is 11.7. The standard InChI is InChI=1S/C23H27NO4/c1-27-21-14-18-9-3-2-8-17(18)13-19(21)23(26)28-15-22(25)24-12-6-10-16-7-4-5-11-20(16)24/h2-3,8-9,13-14,16,20H,4-7,10-12,15H2,1H3/t16-,20+/m1/s1. The molecule has 4 rings (SSSR count). The van der Waals surface area contributed by atoms with Crippen molar-refractivity contribution in [3.63, 3.8) is 0 Å². The van der Waals surface area contributed by atoms with Gasteiger partial charge in [-0.3, -0.25) is 4.79 Å². The maximum absolute atomic E-state index is 12.8. The van der Waals surface area contributed by atoms with Crippen LogP contribution in [-0.2, 0) is 9.53 Å². The highest BCUT2D eigenvalue weighted by molar-refractivity contribution is 5.99. The first-order valence-electron chi connectivity index (χ1n) is 10.2. The molecule has 1 saturated carbocycles. The first-order valence-corrected chi connectivity index (χ1v) is 10.2. The molecule has 0 aromatic heterocycles. The summed E-state index contributed by atoms with van der Waals surface area (Å²) in [6.07, 6.45) is 6.98. The Hall–Kier alpha value is -2.56. The largest absolute Gasteiger partial charge is 0.496 e. The van der Waals surface area contributed by atoms with Crippen molar-refractivity contribution < 1.29 is 19.1 Å². The maximum atomic E-state index is 12.8. The third-order valence-electron chi connectivity index (χ3n) is 6.18. The zero-order chi connectivity index (χ0) is 19.5. The third-order valence-corrected chi connectivity index (χ3v) is 6.18. The minimum Gasteiger partial charge on any atom is -0.496 e. The van der Waals surface area contributed by atoms with Gasteiger partial charge in [-0.1, -0.05) is 37.1 Å². The van der Waals surface area contributed by atoms with Gasteiger partial charge in [0, 0.05) is 12.6 Å². The highest BCUT2D eigenvalue weighted by Crippen LogP contribution is 2.35.